The van der Waals surface area contributed by atoms with E-state index in [0.717, 1.165) is 46.6 Å². The molecule has 0 bridgehead atoms. The number of thiophene rings is 1. The van der Waals surface area contributed by atoms with E-state index in [1.165, 1.54) is 53.4 Å². The lowest BCUT2D eigenvalue weighted by atomic mass is 9.97. The lowest BCUT2D eigenvalue weighted by molar-refractivity contribution is 0.457. The molecule has 0 aliphatic heterocycles. The number of hydrogen-bond acceptors (Lipinski definition) is 7. The fourth-order valence-electron chi connectivity index (χ4n) is 5.04. The Morgan fingerprint density at radius 1 is 1.09 bits per heavy atom. The summed E-state index contributed by atoms with van der Waals surface area (Å²) in [7, 11) is 0. The molecule has 0 unspecified atom stereocenters. The molecule has 0 saturated heterocycles. The maximum Gasteiger partial charge on any atom is 0.263 e. The molecule has 3 aromatic heterocycles. The molecule has 0 atom stereocenters. The predicted molar refractivity (Wildman–Crippen MR) is 132 cm³/mol. The zero-order valence-electron chi connectivity index (χ0n) is 18.7. The van der Waals surface area contributed by atoms with Crippen LogP contribution < -0.4 is 5.56 Å². The smallest absolute Gasteiger partial charge is 0.263 e. The van der Waals surface area contributed by atoms with Crippen molar-refractivity contribution in [3.8, 4) is 11.5 Å². The summed E-state index contributed by atoms with van der Waals surface area (Å²) in [6.07, 6.45) is 8.89. The molecule has 0 spiro atoms. The molecular formula is C25H26N4O2S2. The van der Waals surface area contributed by atoms with Gasteiger partial charge < -0.3 is 4.42 Å². The number of aryl methyl sites for hydroxylation is 3. The van der Waals surface area contributed by atoms with Crippen LogP contribution in [0, 0.1) is 6.92 Å². The topological polar surface area (TPSA) is 73.8 Å². The fraction of sp³-hybridized carbons (Fsp3) is 0.440. The van der Waals surface area contributed by atoms with Crippen LogP contribution in [0.5, 0.6) is 0 Å². The van der Waals surface area contributed by atoms with Gasteiger partial charge in [-0.1, -0.05) is 42.3 Å². The Hall–Kier alpha value is -2.45. The molecule has 0 N–H and O–H groups in total. The van der Waals surface area contributed by atoms with Crippen LogP contribution in [0.15, 0.2) is 38.6 Å². The van der Waals surface area contributed by atoms with E-state index in [2.05, 4.69) is 17.1 Å². The Bertz CT molecular complexity index is 1360. The quantitative estimate of drug-likeness (QED) is 0.255. The first-order valence-electron chi connectivity index (χ1n) is 11.8. The minimum atomic E-state index is 0.152. The highest BCUT2D eigenvalue weighted by molar-refractivity contribution is 7.98. The van der Waals surface area contributed by atoms with Gasteiger partial charge in [0.25, 0.3) is 5.56 Å². The van der Waals surface area contributed by atoms with Crippen LogP contribution in [0.2, 0.25) is 0 Å². The van der Waals surface area contributed by atoms with Crippen LogP contribution in [-0.2, 0) is 18.6 Å². The van der Waals surface area contributed by atoms with Gasteiger partial charge in [0.05, 0.1) is 11.1 Å². The van der Waals surface area contributed by atoms with Crippen molar-refractivity contribution in [3.63, 3.8) is 0 Å². The van der Waals surface area contributed by atoms with Gasteiger partial charge in [0.2, 0.25) is 11.8 Å². The number of aromatic nitrogens is 4. The molecule has 6 nitrogen and oxygen atoms in total. The third-order valence-corrected chi connectivity index (χ3v) is 8.89. The van der Waals surface area contributed by atoms with Crippen molar-refractivity contribution in [2.45, 2.75) is 75.2 Å². The number of rotatable bonds is 5. The van der Waals surface area contributed by atoms with E-state index in [9.17, 15) is 4.79 Å². The standard InChI is InChI=1S/C25H26N4O2S2/c1-15-10-12-16(13-11-15)22-28-27-20(31-22)14-32-25-26-23-21(18-8-4-5-9-19(18)33-23)24(30)29(25)17-6-2-3-7-17/h10-13,17H,2-9,14H2,1H3. The fourth-order valence-corrected chi connectivity index (χ4v) is 7.24. The summed E-state index contributed by atoms with van der Waals surface area (Å²) in [4.78, 5) is 21.1. The summed E-state index contributed by atoms with van der Waals surface area (Å²) in [5, 5.41) is 10.1. The van der Waals surface area contributed by atoms with Crippen LogP contribution in [0.25, 0.3) is 21.7 Å². The van der Waals surface area contributed by atoms with Gasteiger partial charge in [-0.15, -0.1) is 21.5 Å². The second-order valence-electron chi connectivity index (χ2n) is 9.05. The average Bonchev–Trinajstić information content (AvgIpc) is 3.58. The van der Waals surface area contributed by atoms with Crippen molar-refractivity contribution in [2.75, 3.05) is 0 Å². The third-order valence-electron chi connectivity index (χ3n) is 6.77. The highest BCUT2D eigenvalue weighted by Gasteiger charge is 2.27. The number of hydrogen-bond donors (Lipinski definition) is 0. The average molecular weight is 479 g/mol. The maximum atomic E-state index is 13.8. The molecule has 8 heteroatoms. The first-order valence-corrected chi connectivity index (χ1v) is 13.6. The van der Waals surface area contributed by atoms with Crippen molar-refractivity contribution in [1.29, 1.82) is 0 Å². The Labute approximate surface area is 200 Å². The number of fused-ring (bicyclic) bond motifs is 3. The normalized spacial score (nSPS) is 16.5. The van der Waals surface area contributed by atoms with Crippen LogP contribution >= 0.6 is 23.1 Å². The highest BCUT2D eigenvalue weighted by Crippen LogP contribution is 2.38. The van der Waals surface area contributed by atoms with Gasteiger partial charge >= 0.3 is 0 Å². The summed E-state index contributed by atoms with van der Waals surface area (Å²) < 4.78 is 7.91. The Morgan fingerprint density at radius 3 is 2.70 bits per heavy atom. The van der Waals surface area contributed by atoms with E-state index < -0.39 is 0 Å². The summed E-state index contributed by atoms with van der Waals surface area (Å²) in [5.74, 6) is 1.57. The zero-order chi connectivity index (χ0) is 22.4. The van der Waals surface area contributed by atoms with E-state index in [4.69, 9.17) is 9.40 Å². The molecule has 1 aromatic carbocycles. The Kier molecular flexibility index (Phi) is 5.58. The molecule has 6 rings (SSSR count). The number of benzene rings is 1. The van der Waals surface area contributed by atoms with Crippen LogP contribution in [0.4, 0.5) is 0 Å². The summed E-state index contributed by atoms with van der Waals surface area (Å²) in [6, 6.07) is 8.29. The van der Waals surface area contributed by atoms with E-state index >= 15 is 0 Å². The molecule has 3 heterocycles. The van der Waals surface area contributed by atoms with Crippen molar-refractivity contribution in [2.24, 2.45) is 0 Å². The van der Waals surface area contributed by atoms with Gasteiger partial charge in [-0.05, 0) is 63.1 Å². The van der Waals surface area contributed by atoms with Gasteiger partial charge in [-0.3, -0.25) is 9.36 Å². The molecule has 0 radical (unpaired) electrons. The van der Waals surface area contributed by atoms with Crippen LogP contribution in [0.1, 0.15) is 66.5 Å². The van der Waals surface area contributed by atoms with E-state index in [1.54, 1.807) is 11.3 Å². The van der Waals surface area contributed by atoms with Crippen molar-refractivity contribution >= 4 is 33.3 Å². The molecule has 33 heavy (non-hydrogen) atoms. The van der Waals surface area contributed by atoms with Crippen molar-refractivity contribution < 1.29 is 4.42 Å². The lowest BCUT2D eigenvalue weighted by Gasteiger charge is -2.18. The SMILES string of the molecule is Cc1ccc(-c2nnc(CSc3nc4sc5c(c4c(=O)n3C3CCCC3)CCCC5)o2)cc1. The highest BCUT2D eigenvalue weighted by atomic mass is 32.2. The molecular weight excluding hydrogens is 452 g/mol. The number of thioether (sulfide) groups is 1. The van der Waals surface area contributed by atoms with Gasteiger partial charge in [-0.2, -0.15) is 0 Å². The van der Waals surface area contributed by atoms with Gasteiger partial charge in [0.1, 0.15) is 4.83 Å². The van der Waals surface area contributed by atoms with Crippen LogP contribution in [0.3, 0.4) is 0 Å². The first kappa shape index (κ1) is 21.1. The zero-order valence-corrected chi connectivity index (χ0v) is 20.3. The Morgan fingerprint density at radius 2 is 1.88 bits per heavy atom. The monoisotopic (exact) mass is 478 g/mol. The minimum absolute atomic E-state index is 0.152. The second kappa shape index (κ2) is 8.72. The van der Waals surface area contributed by atoms with E-state index in [-0.39, 0.29) is 11.6 Å². The third kappa shape index (κ3) is 3.93. The first-order chi connectivity index (χ1) is 16.2. The minimum Gasteiger partial charge on any atom is -0.420 e. The van der Waals surface area contributed by atoms with Crippen molar-refractivity contribution in [1.82, 2.24) is 19.7 Å². The molecule has 2 aliphatic rings. The van der Waals surface area contributed by atoms with Crippen LogP contribution in [-0.4, -0.2) is 19.7 Å². The largest absolute Gasteiger partial charge is 0.420 e. The summed E-state index contributed by atoms with van der Waals surface area (Å²) in [6.45, 7) is 2.05. The summed E-state index contributed by atoms with van der Waals surface area (Å²) >= 11 is 3.25. The van der Waals surface area contributed by atoms with Gasteiger partial charge in [0.15, 0.2) is 5.16 Å². The maximum absolute atomic E-state index is 13.8. The van der Waals surface area contributed by atoms with Gasteiger partial charge in [0, 0.05) is 16.5 Å². The van der Waals surface area contributed by atoms with Gasteiger partial charge in [-0.25, -0.2) is 4.98 Å². The van der Waals surface area contributed by atoms with Crippen molar-refractivity contribution in [3.05, 3.63) is 56.5 Å². The molecule has 0 amide bonds. The number of nitrogens with zero attached hydrogens (tertiary/aromatic N) is 4. The second-order valence-corrected chi connectivity index (χ2v) is 11.1. The Balaban J connectivity index is 1.34. The van der Waals surface area contributed by atoms with E-state index in [0.29, 0.717) is 17.5 Å². The summed E-state index contributed by atoms with van der Waals surface area (Å²) in [5.41, 5.74) is 3.52. The molecule has 1 saturated carbocycles. The van der Waals surface area contributed by atoms with E-state index in [1.807, 2.05) is 28.8 Å². The molecule has 1 fully saturated rings. The predicted octanol–water partition coefficient (Wildman–Crippen LogP) is 6.10. The lowest BCUT2D eigenvalue weighted by Crippen LogP contribution is -2.26. The molecule has 4 aromatic rings. The molecule has 170 valence electrons. The molecule has 2 aliphatic carbocycles.